The molecule has 0 spiro atoms. The van der Waals surface area contributed by atoms with Crippen molar-refractivity contribution in [1.29, 1.82) is 0 Å². The number of hydrogen-bond donors (Lipinski definition) is 2. The molecular weight excluding hydrogens is 414 g/mol. The summed E-state index contributed by atoms with van der Waals surface area (Å²) < 4.78 is 0.999. The molecule has 0 atom stereocenters. The Morgan fingerprint density at radius 3 is 2.43 bits per heavy atom. The quantitative estimate of drug-likeness (QED) is 0.444. The smallest absolute Gasteiger partial charge is 0.255 e. The molecule has 5 heteroatoms. The van der Waals surface area contributed by atoms with Gasteiger partial charge in [0.25, 0.3) is 5.91 Å². The molecule has 138 valence electrons. The predicted octanol–water partition coefficient (Wildman–Crippen LogP) is 5.56. The lowest BCUT2D eigenvalue weighted by atomic mass is 10.1. The van der Waals surface area contributed by atoms with Crippen LogP contribution in [0.5, 0.6) is 0 Å². The number of H-pyrrole nitrogens is 1. The molecule has 0 radical (unpaired) electrons. The van der Waals surface area contributed by atoms with Gasteiger partial charge in [0, 0.05) is 10.0 Å². The van der Waals surface area contributed by atoms with Crippen LogP contribution in [0.4, 0.5) is 0 Å². The number of aryl methyl sites for hydroxylation is 1. The highest BCUT2D eigenvalue weighted by Gasteiger charge is 2.13. The van der Waals surface area contributed by atoms with Crippen molar-refractivity contribution < 1.29 is 4.79 Å². The van der Waals surface area contributed by atoms with Crippen LogP contribution in [0.25, 0.3) is 22.8 Å². The van der Waals surface area contributed by atoms with E-state index in [0.29, 0.717) is 17.1 Å². The molecule has 0 aliphatic heterocycles. The number of hydrogen-bond acceptors (Lipinski definition) is 2. The molecule has 0 aliphatic rings. The van der Waals surface area contributed by atoms with Gasteiger partial charge in [0.05, 0.1) is 16.7 Å². The van der Waals surface area contributed by atoms with Crippen molar-refractivity contribution in [2.24, 2.45) is 0 Å². The first-order valence-electron chi connectivity index (χ1n) is 8.89. The number of rotatable bonds is 4. The van der Waals surface area contributed by atoms with Crippen molar-refractivity contribution in [3.63, 3.8) is 0 Å². The molecule has 2 N–H and O–H groups in total. The number of benzene rings is 3. The van der Waals surface area contributed by atoms with Gasteiger partial charge in [-0.2, -0.15) is 0 Å². The van der Waals surface area contributed by atoms with Crippen LogP contribution in [0.2, 0.25) is 0 Å². The average Bonchev–Trinajstić information content (AvgIpc) is 3.14. The maximum absolute atomic E-state index is 12.8. The summed E-state index contributed by atoms with van der Waals surface area (Å²) in [7, 11) is 0. The maximum Gasteiger partial charge on any atom is 0.255 e. The molecule has 4 rings (SSSR count). The number of carbonyl (C=O) groups excluding carboxylic acids is 1. The average molecular weight is 432 g/mol. The Morgan fingerprint density at radius 1 is 1.00 bits per heavy atom. The van der Waals surface area contributed by atoms with Crippen LogP contribution in [0.15, 0.2) is 77.3 Å². The first kappa shape index (κ1) is 18.2. The second kappa shape index (κ2) is 7.82. The second-order valence-corrected chi connectivity index (χ2v) is 7.45. The molecule has 4 nitrogen and oxygen atoms in total. The van der Waals surface area contributed by atoms with E-state index >= 15 is 0 Å². The number of amides is 1. The summed E-state index contributed by atoms with van der Waals surface area (Å²) in [5.41, 5.74) is 5.06. The maximum atomic E-state index is 12.8. The highest BCUT2D eigenvalue weighted by Crippen LogP contribution is 2.20. The van der Waals surface area contributed by atoms with E-state index in [0.717, 1.165) is 26.6 Å². The molecule has 0 saturated carbocycles. The van der Waals surface area contributed by atoms with Gasteiger partial charge in [0.2, 0.25) is 0 Å². The van der Waals surface area contributed by atoms with Gasteiger partial charge in [-0.25, -0.2) is 4.98 Å². The van der Waals surface area contributed by atoms with Gasteiger partial charge in [-0.05, 0) is 55.0 Å². The van der Waals surface area contributed by atoms with E-state index < -0.39 is 0 Å². The number of carbonyl (C=O) groups is 1. The molecule has 4 aromatic rings. The zero-order valence-corrected chi connectivity index (χ0v) is 16.8. The molecule has 1 amide bonds. The van der Waals surface area contributed by atoms with E-state index in [-0.39, 0.29) is 5.91 Å². The Hall–Kier alpha value is -3.18. The largest absolute Gasteiger partial charge is 0.337 e. The normalized spacial score (nSPS) is 11.6. The Kier molecular flexibility index (Phi) is 5.08. The third-order valence-corrected chi connectivity index (χ3v) is 4.92. The van der Waals surface area contributed by atoms with Crippen molar-refractivity contribution in [3.8, 4) is 0 Å². The first-order chi connectivity index (χ1) is 13.6. The van der Waals surface area contributed by atoms with Gasteiger partial charge in [0.1, 0.15) is 0 Å². The van der Waals surface area contributed by atoms with Crippen LogP contribution < -0.4 is 5.32 Å². The van der Waals surface area contributed by atoms with E-state index in [4.69, 9.17) is 0 Å². The number of nitrogens with one attached hydrogen (secondary N) is 2. The summed E-state index contributed by atoms with van der Waals surface area (Å²) >= 11 is 3.45. The number of para-hydroxylation sites is 2. The number of aromatic amines is 1. The summed E-state index contributed by atoms with van der Waals surface area (Å²) in [5, 5.41) is 3.01. The SMILES string of the molecule is Cc1ccc(C(=O)NC(=Cc2ccc(Br)cc2)c2nc3ccccc3[nH]2)cc1. The number of aromatic nitrogens is 2. The predicted molar refractivity (Wildman–Crippen MR) is 117 cm³/mol. The Balaban J connectivity index is 1.73. The molecule has 0 unspecified atom stereocenters. The van der Waals surface area contributed by atoms with Crippen molar-refractivity contribution in [2.45, 2.75) is 6.92 Å². The molecule has 28 heavy (non-hydrogen) atoms. The molecule has 0 saturated heterocycles. The molecule has 0 aliphatic carbocycles. The van der Waals surface area contributed by atoms with Crippen molar-refractivity contribution in [3.05, 3.63) is 99.8 Å². The Labute approximate surface area is 171 Å². The highest BCUT2D eigenvalue weighted by atomic mass is 79.9. The van der Waals surface area contributed by atoms with Gasteiger partial charge >= 0.3 is 0 Å². The lowest BCUT2D eigenvalue weighted by molar-refractivity contribution is 0.0973. The Morgan fingerprint density at radius 2 is 1.71 bits per heavy atom. The van der Waals surface area contributed by atoms with Crippen molar-refractivity contribution in [1.82, 2.24) is 15.3 Å². The number of halogens is 1. The van der Waals surface area contributed by atoms with Crippen LogP contribution in [-0.4, -0.2) is 15.9 Å². The molecular formula is C23H18BrN3O. The van der Waals surface area contributed by atoms with E-state index in [1.165, 1.54) is 0 Å². The summed E-state index contributed by atoms with van der Waals surface area (Å²) in [6.45, 7) is 1.99. The molecule has 0 bridgehead atoms. The molecule has 1 aromatic heterocycles. The minimum absolute atomic E-state index is 0.177. The van der Waals surface area contributed by atoms with E-state index in [2.05, 4.69) is 31.2 Å². The third-order valence-electron chi connectivity index (χ3n) is 4.39. The highest BCUT2D eigenvalue weighted by molar-refractivity contribution is 9.10. The number of imidazole rings is 1. The van der Waals surface area contributed by atoms with Crippen LogP contribution in [0, 0.1) is 6.92 Å². The first-order valence-corrected chi connectivity index (χ1v) is 9.68. The summed E-state index contributed by atoms with van der Waals surface area (Å²) in [4.78, 5) is 20.7. The van der Waals surface area contributed by atoms with Gasteiger partial charge in [-0.1, -0.05) is 57.9 Å². The minimum atomic E-state index is -0.177. The monoisotopic (exact) mass is 431 g/mol. The van der Waals surface area contributed by atoms with Crippen molar-refractivity contribution >= 4 is 44.6 Å². The molecule has 3 aromatic carbocycles. The fourth-order valence-corrected chi connectivity index (χ4v) is 3.13. The summed E-state index contributed by atoms with van der Waals surface area (Å²) in [5.74, 6) is 0.438. The van der Waals surface area contributed by atoms with Crippen LogP contribution in [0.3, 0.4) is 0 Å². The van der Waals surface area contributed by atoms with Crippen LogP contribution in [0.1, 0.15) is 27.3 Å². The fourth-order valence-electron chi connectivity index (χ4n) is 2.87. The lowest BCUT2D eigenvalue weighted by Gasteiger charge is -2.09. The standard InChI is InChI=1S/C23H18BrN3O/c1-15-6-10-17(11-7-15)23(28)27-21(14-16-8-12-18(24)13-9-16)22-25-19-4-2-3-5-20(19)26-22/h2-14H,1H3,(H,25,26)(H,27,28). The number of nitrogens with zero attached hydrogens (tertiary/aromatic N) is 1. The summed E-state index contributed by atoms with van der Waals surface area (Å²) in [6.07, 6.45) is 1.91. The van der Waals surface area contributed by atoms with E-state index in [9.17, 15) is 4.79 Å². The van der Waals surface area contributed by atoms with Crippen molar-refractivity contribution in [2.75, 3.05) is 0 Å². The van der Waals surface area contributed by atoms with Gasteiger partial charge in [0.15, 0.2) is 5.82 Å². The fraction of sp³-hybridized carbons (Fsp3) is 0.0435. The van der Waals surface area contributed by atoms with Gasteiger partial charge in [-0.15, -0.1) is 0 Å². The topological polar surface area (TPSA) is 57.8 Å². The van der Waals surface area contributed by atoms with Crippen LogP contribution in [-0.2, 0) is 0 Å². The van der Waals surface area contributed by atoms with Crippen LogP contribution >= 0.6 is 15.9 Å². The Bertz CT molecular complexity index is 1130. The van der Waals surface area contributed by atoms with Gasteiger partial charge in [-0.3, -0.25) is 4.79 Å². The van der Waals surface area contributed by atoms with Gasteiger partial charge < -0.3 is 10.3 Å². The third kappa shape index (κ3) is 4.05. The molecule has 1 heterocycles. The van der Waals surface area contributed by atoms with E-state index in [1.54, 1.807) is 0 Å². The lowest BCUT2D eigenvalue weighted by Crippen LogP contribution is -2.22. The second-order valence-electron chi connectivity index (χ2n) is 6.53. The molecule has 0 fully saturated rings. The zero-order valence-electron chi connectivity index (χ0n) is 15.2. The number of fused-ring (bicyclic) bond motifs is 1. The minimum Gasteiger partial charge on any atom is -0.337 e. The van der Waals surface area contributed by atoms with E-state index in [1.807, 2.05) is 85.8 Å². The summed E-state index contributed by atoms with van der Waals surface area (Å²) in [6, 6.07) is 23.2. The zero-order chi connectivity index (χ0) is 19.5.